The van der Waals surface area contributed by atoms with E-state index in [9.17, 15) is 13.2 Å². The van der Waals surface area contributed by atoms with Gasteiger partial charge in [0.25, 0.3) is 0 Å². The quantitative estimate of drug-likeness (QED) is 0.768. The van der Waals surface area contributed by atoms with Crippen molar-refractivity contribution >= 4 is 0 Å². The van der Waals surface area contributed by atoms with Gasteiger partial charge in [-0.05, 0) is 24.9 Å². The minimum absolute atomic E-state index is 0.186. The van der Waals surface area contributed by atoms with Crippen LogP contribution in [-0.2, 0) is 6.42 Å². The Labute approximate surface area is 92.7 Å². The van der Waals surface area contributed by atoms with E-state index in [0.717, 1.165) is 6.42 Å². The molecule has 1 aromatic rings. The van der Waals surface area contributed by atoms with Crippen molar-refractivity contribution in [2.24, 2.45) is 0 Å². The molecule has 0 saturated heterocycles. The van der Waals surface area contributed by atoms with Gasteiger partial charge in [0.1, 0.15) is 5.82 Å². The number of halogens is 3. The summed E-state index contributed by atoms with van der Waals surface area (Å²) in [5.74, 6) is -2.63. The lowest BCUT2D eigenvalue weighted by Gasteiger charge is -2.27. The highest BCUT2D eigenvalue weighted by Crippen LogP contribution is 2.31. The molecule has 0 aliphatic carbocycles. The van der Waals surface area contributed by atoms with Crippen LogP contribution in [0.25, 0.3) is 0 Å². The van der Waals surface area contributed by atoms with Crippen molar-refractivity contribution in [2.45, 2.75) is 32.2 Å². The summed E-state index contributed by atoms with van der Waals surface area (Å²) in [6.07, 6.45) is 1.94. The van der Waals surface area contributed by atoms with Gasteiger partial charge >= 0.3 is 0 Å². The van der Waals surface area contributed by atoms with E-state index < -0.39 is 17.5 Å². The lowest BCUT2D eigenvalue weighted by atomic mass is 9.90. The van der Waals surface area contributed by atoms with Crippen LogP contribution < -0.4 is 5.32 Å². The molecule has 0 bridgehead atoms. The topological polar surface area (TPSA) is 12.0 Å². The number of fused-ring (bicyclic) bond motifs is 1. The van der Waals surface area contributed by atoms with E-state index >= 15 is 0 Å². The molecule has 0 amide bonds. The fourth-order valence-electron chi connectivity index (χ4n) is 2.28. The van der Waals surface area contributed by atoms with Crippen LogP contribution in [0.5, 0.6) is 0 Å². The van der Waals surface area contributed by atoms with Gasteiger partial charge in [-0.1, -0.05) is 13.3 Å². The maximum absolute atomic E-state index is 13.7. The molecule has 1 unspecified atom stereocenters. The average Bonchev–Trinajstić information content (AvgIpc) is 2.26. The Morgan fingerprint density at radius 3 is 2.75 bits per heavy atom. The van der Waals surface area contributed by atoms with E-state index in [1.165, 1.54) is 0 Å². The smallest absolute Gasteiger partial charge is 0.164 e. The maximum atomic E-state index is 13.7. The number of rotatable bonds is 2. The second-order valence-electron chi connectivity index (χ2n) is 4.09. The zero-order valence-electron chi connectivity index (χ0n) is 9.12. The summed E-state index contributed by atoms with van der Waals surface area (Å²) in [5, 5.41) is 3.10. The lowest BCUT2D eigenvalue weighted by Crippen LogP contribution is -2.31. The van der Waals surface area contributed by atoms with E-state index in [0.29, 0.717) is 31.0 Å². The third kappa shape index (κ3) is 1.82. The predicted octanol–water partition coefficient (Wildman–Crippen LogP) is 3.09. The number of hydrogen-bond acceptors (Lipinski definition) is 1. The van der Waals surface area contributed by atoms with Crippen molar-refractivity contribution in [1.82, 2.24) is 5.32 Å². The molecule has 1 atom stereocenters. The average molecular weight is 229 g/mol. The number of nitrogens with one attached hydrogen (secondary N) is 1. The molecule has 16 heavy (non-hydrogen) atoms. The molecule has 0 aromatic heterocycles. The van der Waals surface area contributed by atoms with Crippen molar-refractivity contribution in [3.8, 4) is 0 Å². The highest BCUT2D eigenvalue weighted by Gasteiger charge is 2.27. The molecule has 4 heteroatoms. The first-order chi connectivity index (χ1) is 7.65. The molecule has 0 radical (unpaired) electrons. The van der Waals surface area contributed by atoms with Crippen molar-refractivity contribution in [3.63, 3.8) is 0 Å². The highest BCUT2D eigenvalue weighted by atomic mass is 19.2. The standard InChI is InChI=1S/C12H14F3N/c1-2-3-10-11-7(4-5-16-10)8(13)6-9(14)12(11)15/h6,10,16H,2-5H2,1H3. The Kier molecular flexibility index (Phi) is 3.19. The molecule has 1 heterocycles. The second-order valence-corrected chi connectivity index (χ2v) is 4.09. The molecule has 0 saturated carbocycles. The van der Waals surface area contributed by atoms with E-state index in [4.69, 9.17) is 0 Å². The van der Waals surface area contributed by atoms with Crippen molar-refractivity contribution in [2.75, 3.05) is 6.54 Å². The minimum atomic E-state index is -1.10. The Morgan fingerprint density at radius 2 is 2.06 bits per heavy atom. The van der Waals surface area contributed by atoms with Gasteiger partial charge in [0.2, 0.25) is 0 Å². The van der Waals surface area contributed by atoms with Crippen molar-refractivity contribution in [3.05, 3.63) is 34.6 Å². The third-order valence-electron chi connectivity index (χ3n) is 3.00. The van der Waals surface area contributed by atoms with E-state index in [1.54, 1.807) is 0 Å². The molecule has 1 aliphatic rings. The molecular weight excluding hydrogens is 215 g/mol. The van der Waals surface area contributed by atoms with E-state index in [1.807, 2.05) is 6.92 Å². The molecule has 0 fully saturated rings. The van der Waals surface area contributed by atoms with E-state index in [-0.39, 0.29) is 11.6 Å². The summed E-state index contributed by atoms with van der Waals surface area (Å²) in [7, 11) is 0. The Morgan fingerprint density at radius 1 is 1.31 bits per heavy atom. The highest BCUT2D eigenvalue weighted by molar-refractivity contribution is 5.35. The van der Waals surface area contributed by atoms with Crippen LogP contribution in [0.1, 0.15) is 36.9 Å². The number of benzene rings is 1. The van der Waals surface area contributed by atoms with Gasteiger partial charge in [0.05, 0.1) is 0 Å². The van der Waals surface area contributed by atoms with Crippen molar-refractivity contribution < 1.29 is 13.2 Å². The maximum Gasteiger partial charge on any atom is 0.164 e. The van der Waals surface area contributed by atoms with Gasteiger partial charge in [-0.15, -0.1) is 0 Å². The van der Waals surface area contributed by atoms with Crippen LogP contribution in [0.4, 0.5) is 13.2 Å². The SMILES string of the molecule is CCCC1NCCc2c(F)cc(F)c(F)c21. The van der Waals surface area contributed by atoms with Crippen LogP contribution >= 0.6 is 0 Å². The molecule has 1 aliphatic heterocycles. The van der Waals surface area contributed by atoms with Gasteiger partial charge in [-0.25, -0.2) is 13.2 Å². The summed E-state index contributed by atoms with van der Waals surface area (Å²) >= 11 is 0. The molecule has 2 rings (SSSR count). The zero-order valence-corrected chi connectivity index (χ0v) is 9.12. The second kappa shape index (κ2) is 4.45. The predicted molar refractivity (Wildman–Crippen MR) is 55.7 cm³/mol. The summed E-state index contributed by atoms with van der Waals surface area (Å²) in [6.45, 7) is 2.57. The molecule has 0 spiro atoms. The lowest BCUT2D eigenvalue weighted by molar-refractivity contribution is 0.409. The van der Waals surface area contributed by atoms with Crippen LogP contribution in [0.15, 0.2) is 6.07 Å². The zero-order chi connectivity index (χ0) is 11.7. The first-order valence-electron chi connectivity index (χ1n) is 5.54. The molecule has 1 N–H and O–H groups in total. The minimum Gasteiger partial charge on any atom is -0.309 e. The summed E-state index contributed by atoms with van der Waals surface area (Å²) < 4.78 is 40.3. The normalized spacial score (nSPS) is 19.6. The Bertz CT molecular complexity index is 404. The van der Waals surface area contributed by atoms with Gasteiger partial charge in [0, 0.05) is 17.7 Å². The Balaban J connectivity index is 2.53. The van der Waals surface area contributed by atoms with Crippen LogP contribution in [0.2, 0.25) is 0 Å². The van der Waals surface area contributed by atoms with Crippen LogP contribution in [0.3, 0.4) is 0 Å². The summed E-state index contributed by atoms with van der Waals surface area (Å²) in [6, 6.07) is 0.377. The van der Waals surface area contributed by atoms with Crippen LogP contribution in [-0.4, -0.2) is 6.54 Å². The third-order valence-corrected chi connectivity index (χ3v) is 3.00. The molecular formula is C12H14F3N. The first kappa shape index (κ1) is 11.5. The fourth-order valence-corrected chi connectivity index (χ4v) is 2.28. The summed E-state index contributed by atoms with van der Waals surface area (Å²) in [5.41, 5.74) is 0.515. The fraction of sp³-hybridized carbons (Fsp3) is 0.500. The van der Waals surface area contributed by atoms with Gasteiger partial charge in [-0.2, -0.15) is 0 Å². The molecule has 1 nitrogen and oxygen atoms in total. The van der Waals surface area contributed by atoms with E-state index in [2.05, 4.69) is 5.32 Å². The first-order valence-corrected chi connectivity index (χ1v) is 5.54. The van der Waals surface area contributed by atoms with Crippen molar-refractivity contribution in [1.29, 1.82) is 0 Å². The summed E-state index contributed by atoms with van der Waals surface area (Å²) in [4.78, 5) is 0. The van der Waals surface area contributed by atoms with Gasteiger partial charge in [-0.3, -0.25) is 0 Å². The molecule has 88 valence electrons. The largest absolute Gasteiger partial charge is 0.309 e. The molecule has 1 aromatic carbocycles. The monoisotopic (exact) mass is 229 g/mol. The van der Waals surface area contributed by atoms with Gasteiger partial charge in [0.15, 0.2) is 11.6 Å². The Hall–Kier alpha value is -1.03. The number of hydrogen-bond donors (Lipinski definition) is 1. The van der Waals surface area contributed by atoms with Crippen LogP contribution in [0, 0.1) is 17.5 Å². The van der Waals surface area contributed by atoms with Gasteiger partial charge < -0.3 is 5.32 Å².